The van der Waals surface area contributed by atoms with Gasteiger partial charge in [-0.2, -0.15) is 0 Å². The third kappa shape index (κ3) is 4.25. The van der Waals surface area contributed by atoms with E-state index in [0.29, 0.717) is 44.0 Å². The minimum atomic E-state index is -0.352. The summed E-state index contributed by atoms with van der Waals surface area (Å²) in [7, 11) is 0. The Labute approximate surface area is 200 Å². The Hall–Kier alpha value is -3.54. The monoisotopic (exact) mass is 476 g/mol. The summed E-state index contributed by atoms with van der Waals surface area (Å²) < 4.78 is 11.6. The number of anilines is 1. The van der Waals surface area contributed by atoms with Crippen molar-refractivity contribution in [1.82, 2.24) is 4.98 Å². The second kappa shape index (κ2) is 8.43. The van der Waals surface area contributed by atoms with Gasteiger partial charge in [0, 0.05) is 21.8 Å². The summed E-state index contributed by atoms with van der Waals surface area (Å²) in [5.41, 5.74) is 5.57. The van der Waals surface area contributed by atoms with Gasteiger partial charge < -0.3 is 14.2 Å². The average Bonchev–Trinajstić information content (AvgIpc) is 3.44. The molecule has 1 amide bonds. The Morgan fingerprint density at radius 3 is 2.55 bits per heavy atom. The van der Waals surface area contributed by atoms with Crippen molar-refractivity contribution < 1.29 is 13.6 Å². The lowest BCUT2D eigenvalue weighted by atomic mass is 10.1. The van der Waals surface area contributed by atoms with Gasteiger partial charge in [-0.3, -0.25) is 4.79 Å². The third-order valence-electron chi connectivity index (χ3n) is 5.40. The molecule has 0 aliphatic rings. The number of aromatic nitrogens is 1. The van der Waals surface area contributed by atoms with Gasteiger partial charge in [-0.25, -0.2) is 4.98 Å². The summed E-state index contributed by atoms with van der Waals surface area (Å²) in [5.74, 6) is 0.880. The number of hydrogen-bond donors (Lipinski definition) is 1. The smallest absolute Gasteiger partial charge is 0.291 e. The van der Waals surface area contributed by atoms with Crippen LogP contribution in [0.25, 0.3) is 33.9 Å². The van der Waals surface area contributed by atoms with Crippen molar-refractivity contribution in [2.24, 2.45) is 0 Å². The molecule has 5 nitrogen and oxygen atoms in total. The van der Waals surface area contributed by atoms with E-state index in [0.717, 1.165) is 11.1 Å². The van der Waals surface area contributed by atoms with Crippen LogP contribution in [0, 0.1) is 13.8 Å². The molecule has 2 heterocycles. The van der Waals surface area contributed by atoms with Crippen molar-refractivity contribution in [3.63, 3.8) is 0 Å². The zero-order chi connectivity index (χ0) is 23.1. The van der Waals surface area contributed by atoms with Crippen LogP contribution in [0.1, 0.15) is 21.7 Å². The minimum Gasteiger partial charge on any atom is -0.451 e. The lowest BCUT2D eigenvalue weighted by Gasteiger charge is -2.05. The standard InChI is InChI=1S/C26H18Cl2N2O3/c1-14-6-7-16(10-15(14)2)22-8-9-23(32-22)25(31)29-19-5-3-4-17(11-19)26-30-21-13-18(27)12-20(28)24(21)33-26/h3-13H,1-2H3,(H,29,31). The predicted octanol–water partition coefficient (Wildman–Crippen LogP) is 7.93. The number of benzene rings is 3. The molecule has 1 N–H and O–H groups in total. The molecule has 7 heteroatoms. The number of carbonyl (C=O) groups excluding carboxylic acids is 1. The average molecular weight is 477 g/mol. The quantitative estimate of drug-likeness (QED) is 0.285. The first-order valence-corrected chi connectivity index (χ1v) is 11.0. The van der Waals surface area contributed by atoms with Crippen molar-refractivity contribution in [1.29, 1.82) is 0 Å². The summed E-state index contributed by atoms with van der Waals surface area (Å²) in [4.78, 5) is 17.2. The van der Waals surface area contributed by atoms with Crippen molar-refractivity contribution >= 4 is 45.9 Å². The van der Waals surface area contributed by atoms with Crippen LogP contribution in [-0.4, -0.2) is 10.9 Å². The topological polar surface area (TPSA) is 68.3 Å². The zero-order valence-electron chi connectivity index (χ0n) is 17.8. The van der Waals surface area contributed by atoms with E-state index in [1.165, 1.54) is 5.56 Å². The number of hydrogen-bond acceptors (Lipinski definition) is 4. The number of nitrogens with zero attached hydrogens (tertiary/aromatic N) is 1. The molecule has 0 fully saturated rings. The molecular weight excluding hydrogens is 459 g/mol. The lowest BCUT2D eigenvalue weighted by molar-refractivity contribution is 0.0997. The van der Waals surface area contributed by atoms with E-state index in [9.17, 15) is 4.79 Å². The number of rotatable bonds is 4. The van der Waals surface area contributed by atoms with Crippen LogP contribution < -0.4 is 5.32 Å². The summed E-state index contributed by atoms with van der Waals surface area (Å²) >= 11 is 12.3. The van der Waals surface area contributed by atoms with Crippen LogP contribution in [0.3, 0.4) is 0 Å². The Bertz CT molecular complexity index is 1520. The molecule has 0 unspecified atom stereocenters. The van der Waals surface area contributed by atoms with Crippen molar-refractivity contribution in [2.45, 2.75) is 13.8 Å². The van der Waals surface area contributed by atoms with Crippen LogP contribution in [0.2, 0.25) is 10.0 Å². The molecule has 0 atom stereocenters. The molecule has 2 aromatic heterocycles. The van der Waals surface area contributed by atoms with E-state index in [2.05, 4.69) is 17.2 Å². The van der Waals surface area contributed by atoms with Gasteiger partial charge in [0.15, 0.2) is 11.3 Å². The molecular formula is C26H18Cl2N2O3. The number of amides is 1. The second-order valence-electron chi connectivity index (χ2n) is 7.75. The number of carbonyl (C=O) groups is 1. The zero-order valence-corrected chi connectivity index (χ0v) is 19.3. The van der Waals surface area contributed by atoms with Crippen LogP contribution in [0.15, 0.2) is 75.6 Å². The molecule has 0 bridgehead atoms. The highest BCUT2D eigenvalue weighted by Crippen LogP contribution is 2.32. The molecule has 0 saturated carbocycles. The fourth-order valence-corrected chi connectivity index (χ4v) is 4.04. The number of furan rings is 1. The van der Waals surface area contributed by atoms with Gasteiger partial charge in [-0.1, -0.05) is 41.4 Å². The molecule has 5 aromatic rings. The van der Waals surface area contributed by atoms with E-state index in [1.54, 1.807) is 42.5 Å². The van der Waals surface area contributed by atoms with Crippen LogP contribution in [0.4, 0.5) is 5.69 Å². The summed E-state index contributed by atoms with van der Waals surface area (Å²) in [6, 6.07) is 20.0. The fraction of sp³-hybridized carbons (Fsp3) is 0.0769. The highest BCUT2D eigenvalue weighted by Gasteiger charge is 2.15. The molecule has 164 valence electrons. The SMILES string of the molecule is Cc1ccc(-c2ccc(C(=O)Nc3cccc(-c4nc5cc(Cl)cc(Cl)c5o4)c3)o2)cc1C. The first kappa shape index (κ1) is 21.3. The fourth-order valence-electron chi connectivity index (χ4n) is 3.52. The van der Waals surface area contributed by atoms with E-state index in [4.69, 9.17) is 32.0 Å². The molecule has 0 radical (unpaired) electrons. The Kier molecular flexibility index (Phi) is 5.44. The maximum Gasteiger partial charge on any atom is 0.291 e. The number of nitrogens with one attached hydrogen (secondary N) is 1. The highest BCUT2D eigenvalue weighted by molar-refractivity contribution is 6.38. The first-order valence-electron chi connectivity index (χ1n) is 10.2. The molecule has 0 spiro atoms. The van der Waals surface area contributed by atoms with Gasteiger partial charge in [0.2, 0.25) is 5.89 Å². The van der Waals surface area contributed by atoms with Crippen molar-refractivity contribution in [3.05, 3.63) is 93.7 Å². The predicted molar refractivity (Wildman–Crippen MR) is 131 cm³/mol. The summed E-state index contributed by atoms with van der Waals surface area (Å²) in [5, 5.41) is 3.72. The minimum absolute atomic E-state index is 0.219. The maximum atomic E-state index is 12.8. The number of halogens is 2. The van der Waals surface area contributed by atoms with Gasteiger partial charge in [-0.15, -0.1) is 0 Å². The molecule has 0 saturated heterocycles. The van der Waals surface area contributed by atoms with Crippen LogP contribution in [0.5, 0.6) is 0 Å². The Morgan fingerprint density at radius 2 is 1.73 bits per heavy atom. The van der Waals surface area contributed by atoms with E-state index < -0.39 is 0 Å². The second-order valence-corrected chi connectivity index (χ2v) is 8.60. The van der Waals surface area contributed by atoms with Gasteiger partial charge in [0.25, 0.3) is 5.91 Å². The lowest BCUT2D eigenvalue weighted by Crippen LogP contribution is -2.10. The molecule has 3 aromatic carbocycles. The molecule has 5 rings (SSSR count). The molecule has 0 aliphatic heterocycles. The molecule has 33 heavy (non-hydrogen) atoms. The number of fused-ring (bicyclic) bond motifs is 1. The Balaban J connectivity index is 1.38. The number of oxazole rings is 1. The van der Waals surface area contributed by atoms with Crippen molar-refractivity contribution in [2.75, 3.05) is 5.32 Å². The van der Waals surface area contributed by atoms with Crippen LogP contribution >= 0.6 is 23.2 Å². The third-order valence-corrected chi connectivity index (χ3v) is 5.90. The Morgan fingerprint density at radius 1 is 0.879 bits per heavy atom. The van der Waals surface area contributed by atoms with Crippen LogP contribution in [-0.2, 0) is 0 Å². The van der Waals surface area contributed by atoms with Crippen molar-refractivity contribution in [3.8, 4) is 22.8 Å². The summed E-state index contributed by atoms with van der Waals surface area (Å²) in [6.07, 6.45) is 0. The normalized spacial score (nSPS) is 11.2. The van der Waals surface area contributed by atoms with E-state index >= 15 is 0 Å². The van der Waals surface area contributed by atoms with Gasteiger partial charge in [0.05, 0.1) is 5.02 Å². The maximum absolute atomic E-state index is 12.8. The summed E-state index contributed by atoms with van der Waals surface area (Å²) in [6.45, 7) is 4.10. The van der Waals surface area contributed by atoms with Gasteiger partial charge >= 0.3 is 0 Å². The first-order chi connectivity index (χ1) is 15.9. The van der Waals surface area contributed by atoms with E-state index in [1.807, 2.05) is 31.2 Å². The number of aryl methyl sites for hydroxylation is 2. The van der Waals surface area contributed by atoms with E-state index in [-0.39, 0.29) is 11.7 Å². The van der Waals surface area contributed by atoms with Gasteiger partial charge in [-0.05, 0) is 73.5 Å². The largest absolute Gasteiger partial charge is 0.451 e. The highest BCUT2D eigenvalue weighted by atomic mass is 35.5. The van der Waals surface area contributed by atoms with Gasteiger partial charge in [0.1, 0.15) is 11.3 Å². The molecule has 0 aliphatic carbocycles.